The normalized spacial score (nSPS) is 24.9. The fourth-order valence-corrected chi connectivity index (χ4v) is 5.73. The van der Waals surface area contributed by atoms with Crippen LogP contribution in [0.5, 0.6) is 0 Å². The second-order valence-electron chi connectivity index (χ2n) is 9.66. The first-order valence-electron chi connectivity index (χ1n) is 12.3. The predicted molar refractivity (Wildman–Crippen MR) is 131 cm³/mol. The minimum Gasteiger partial charge on any atom is -0.481 e. The Balaban J connectivity index is 1.15. The van der Waals surface area contributed by atoms with E-state index in [4.69, 9.17) is 4.74 Å². The molecule has 0 heterocycles. The maximum Gasteiger partial charge on any atom is 0.407 e. The molecule has 2 unspecified atom stereocenters. The highest BCUT2D eigenvalue weighted by molar-refractivity contribution is 5.81. The second kappa shape index (κ2) is 9.94. The molecule has 3 aliphatic rings. The molecule has 0 spiro atoms. The number of carboxylic acid groups (broad SMARTS) is 1. The Morgan fingerprint density at radius 1 is 0.943 bits per heavy atom. The van der Waals surface area contributed by atoms with E-state index < -0.39 is 18.0 Å². The second-order valence-corrected chi connectivity index (χ2v) is 9.66. The van der Waals surface area contributed by atoms with Crippen LogP contribution in [0.4, 0.5) is 4.79 Å². The number of carbonyl (C=O) groups is 3. The summed E-state index contributed by atoms with van der Waals surface area (Å²) in [5, 5.41) is 15.2. The summed E-state index contributed by atoms with van der Waals surface area (Å²) in [5.41, 5.74) is 4.66. The predicted octanol–water partition coefficient (Wildman–Crippen LogP) is 4.23. The molecule has 1 saturated carbocycles. The standard InChI is InChI=1S/C28H30N2O5/c31-26(30-25-14-6-13-23(25)27(32)33)17-7-5-8-18(15-17)29-28(34)35-16-24-21-11-3-1-9-19(21)20-10-2-4-12-22(20)24/h1-5,8-12,17-18,23-25H,6-7,13-16H2,(H,29,34)(H,30,31)(H,32,33)/t17?,18?,23-,25+/m0/s1. The Morgan fingerprint density at radius 2 is 1.63 bits per heavy atom. The number of carbonyl (C=O) groups excluding carboxylic acids is 2. The lowest BCUT2D eigenvalue weighted by molar-refractivity contribution is -0.142. The highest BCUT2D eigenvalue weighted by Crippen LogP contribution is 2.44. The Morgan fingerprint density at radius 3 is 2.31 bits per heavy atom. The first kappa shape index (κ1) is 23.1. The highest BCUT2D eigenvalue weighted by Gasteiger charge is 2.36. The van der Waals surface area contributed by atoms with Gasteiger partial charge in [0.25, 0.3) is 0 Å². The molecule has 35 heavy (non-hydrogen) atoms. The molecule has 3 aliphatic carbocycles. The van der Waals surface area contributed by atoms with Gasteiger partial charge in [-0.15, -0.1) is 0 Å². The van der Waals surface area contributed by atoms with E-state index in [-0.39, 0.29) is 36.4 Å². The molecule has 0 radical (unpaired) electrons. The number of fused-ring (bicyclic) bond motifs is 3. The van der Waals surface area contributed by atoms with E-state index in [2.05, 4.69) is 34.9 Å². The fraction of sp³-hybridized carbons (Fsp3) is 0.393. The summed E-state index contributed by atoms with van der Waals surface area (Å²) in [6.45, 7) is 0.235. The van der Waals surface area contributed by atoms with Crippen molar-refractivity contribution >= 4 is 18.0 Å². The van der Waals surface area contributed by atoms with Crippen molar-refractivity contribution in [1.29, 1.82) is 0 Å². The van der Waals surface area contributed by atoms with Crippen LogP contribution in [0.2, 0.25) is 0 Å². The van der Waals surface area contributed by atoms with Crippen LogP contribution >= 0.6 is 0 Å². The van der Waals surface area contributed by atoms with Crippen molar-refractivity contribution in [3.63, 3.8) is 0 Å². The number of amides is 2. The third-order valence-electron chi connectivity index (χ3n) is 7.51. The number of allylic oxidation sites excluding steroid dienone is 1. The molecule has 3 N–H and O–H groups in total. The quantitative estimate of drug-likeness (QED) is 0.544. The van der Waals surface area contributed by atoms with Crippen LogP contribution in [-0.4, -0.2) is 41.8 Å². The molecular weight excluding hydrogens is 444 g/mol. The summed E-state index contributed by atoms with van der Waals surface area (Å²) in [6, 6.07) is 15.7. The summed E-state index contributed by atoms with van der Waals surface area (Å²) < 4.78 is 5.64. The van der Waals surface area contributed by atoms with Gasteiger partial charge in [-0.2, -0.15) is 0 Å². The zero-order chi connectivity index (χ0) is 24.4. The van der Waals surface area contributed by atoms with E-state index >= 15 is 0 Å². The SMILES string of the molecule is O=C(NC1C=CCC(C(=O)N[C@@H]2CCC[C@@H]2C(=O)O)C1)OCC1c2ccccc2-c2ccccc21. The zero-order valence-corrected chi connectivity index (χ0v) is 19.5. The first-order valence-corrected chi connectivity index (χ1v) is 12.3. The molecule has 0 aliphatic heterocycles. The van der Waals surface area contributed by atoms with E-state index in [1.807, 2.05) is 36.4 Å². The third-order valence-corrected chi connectivity index (χ3v) is 7.51. The van der Waals surface area contributed by atoms with Crippen LogP contribution in [-0.2, 0) is 14.3 Å². The summed E-state index contributed by atoms with van der Waals surface area (Å²) in [7, 11) is 0. The maximum atomic E-state index is 12.8. The number of alkyl carbamates (subject to hydrolysis) is 1. The summed E-state index contributed by atoms with van der Waals surface area (Å²) in [4.78, 5) is 36.8. The molecule has 2 aromatic carbocycles. The van der Waals surface area contributed by atoms with E-state index in [1.54, 1.807) is 0 Å². The average molecular weight is 475 g/mol. The van der Waals surface area contributed by atoms with Gasteiger partial charge in [-0.3, -0.25) is 9.59 Å². The van der Waals surface area contributed by atoms with Crippen molar-refractivity contribution in [3.8, 4) is 11.1 Å². The van der Waals surface area contributed by atoms with Gasteiger partial charge in [0.1, 0.15) is 6.61 Å². The van der Waals surface area contributed by atoms with Gasteiger partial charge >= 0.3 is 12.1 Å². The lowest BCUT2D eigenvalue weighted by Gasteiger charge is -2.27. The minimum atomic E-state index is -0.855. The topological polar surface area (TPSA) is 105 Å². The van der Waals surface area contributed by atoms with Crippen molar-refractivity contribution < 1.29 is 24.2 Å². The lowest BCUT2D eigenvalue weighted by atomic mass is 9.89. The molecular formula is C28H30N2O5. The van der Waals surface area contributed by atoms with E-state index in [9.17, 15) is 19.5 Å². The van der Waals surface area contributed by atoms with Crippen LogP contribution in [0.15, 0.2) is 60.7 Å². The van der Waals surface area contributed by atoms with E-state index in [1.165, 1.54) is 11.1 Å². The number of benzene rings is 2. The largest absolute Gasteiger partial charge is 0.481 e. The van der Waals surface area contributed by atoms with Gasteiger partial charge in [0.2, 0.25) is 5.91 Å². The van der Waals surface area contributed by atoms with Gasteiger partial charge in [0.15, 0.2) is 0 Å². The fourth-order valence-electron chi connectivity index (χ4n) is 5.73. The van der Waals surface area contributed by atoms with Gasteiger partial charge in [0.05, 0.1) is 12.0 Å². The molecule has 7 heteroatoms. The summed E-state index contributed by atoms with van der Waals surface area (Å²) >= 11 is 0. The van der Waals surface area contributed by atoms with Crippen LogP contribution in [0.3, 0.4) is 0 Å². The molecule has 2 aromatic rings. The number of hydrogen-bond acceptors (Lipinski definition) is 4. The van der Waals surface area contributed by atoms with Crippen LogP contribution in [0.25, 0.3) is 11.1 Å². The van der Waals surface area contributed by atoms with Crippen molar-refractivity contribution in [3.05, 3.63) is 71.8 Å². The maximum absolute atomic E-state index is 12.8. The van der Waals surface area contributed by atoms with Gasteiger partial charge in [0, 0.05) is 17.9 Å². The van der Waals surface area contributed by atoms with Gasteiger partial charge in [-0.25, -0.2) is 4.79 Å². The Labute approximate surface area is 204 Å². The Hall–Kier alpha value is -3.61. The van der Waals surface area contributed by atoms with Crippen LogP contribution in [0.1, 0.15) is 49.1 Å². The zero-order valence-electron chi connectivity index (χ0n) is 19.5. The number of hydrogen-bond donors (Lipinski definition) is 3. The molecule has 1 fully saturated rings. The third kappa shape index (κ3) is 4.81. The number of ether oxygens (including phenoxy) is 1. The van der Waals surface area contributed by atoms with Gasteiger partial charge in [-0.05, 0) is 47.9 Å². The van der Waals surface area contributed by atoms with Gasteiger partial charge < -0.3 is 20.5 Å². The molecule has 0 aromatic heterocycles. The van der Waals surface area contributed by atoms with Crippen molar-refractivity contribution in [1.82, 2.24) is 10.6 Å². The van der Waals surface area contributed by atoms with Gasteiger partial charge in [-0.1, -0.05) is 67.1 Å². The van der Waals surface area contributed by atoms with E-state index in [0.717, 1.165) is 17.5 Å². The number of rotatable bonds is 6. The molecule has 5 rings (SSSR count). The molecule has 2 amide bonds. The van der Waals surface area contributed by atoms with E-state index in [0.29, 0.717) is 25.7 Å². The summed E-state index contributed by atoms with van der Waals surface area (Å²) in [5.74, 6) is -1.85. The number of aliphatic carboxylic acids is 1. The molecule has 0 bridgehead atoms. The molecule has 4 atom stereocenters. The molecule has 182 valence electrons. The van der Waals surface area contributed by atoms with Crippen molar-refractivity contribution in [2.45, 2.75) is 50.1 Å². The summed E-state index contributed by atoms with van der Waals surface area (Å²) in [6.07, 6.45) is 6.38. The number of carboxylic acids is 1. The highest BCUT2D eigenvalue weighted by atomic mass is 16.5. The van der Waals surface area contributed by atoms with Crippen molar-refractivity contribution in [2.24, 2.45) is 11.8 Å². The first-order chi connectivity index (χ1) is 17.0. The Bertz CT molecular complexity index is 1110. The van der Waals surface area contributed by atoms with Crippen LogP contribution in [0, 0.1) is 11.8 Å². The molecule has 7 nitrogen and oxygen atoms in total. The Kier molecular flexibility index (Phi) is 6.57. The lowest BCUT2D eigenvalue weighted by Crippen LogP contribution is -2.45. The van der Waals surface area contributed by atoms with Crippen LogP contribution < -0.4 is 10.6 Å². The van der Waals surface area contributed by atoms with Crippen molar-refractivity contribution in [2.75, 3.05) is 6.61 Å². The monoisotopic (exact) mass is 474 g/mol. The smallest absolute Gasteiger partial charge is 0.407 e. The average Bonchev–Trinajstić information content (AvgIpc) is 3.45. The molecule has 0 saturated heterocycles. The minimum absolute atomic E-state index is 0.0119. The number of nitrogens with one attached hydrogen (secondary N) is 2.